The Bertz CT molecular complexity index is 568. The molecule has 0 saturated carbocycles. The smallest absolute Gasteiger partial charge is 0.214 e. The van der Waals surface area contributed by atoms with Crippen LogP contribution in [0.4, 0.5) is 0 Å². The van der Waals surface area contributed by atoms with Crippen LogP contribution in [0, 0.1) is 0 Å². The second-order valence-corrected chi connectivity index (χ2v) is 7.89. The standard InChI is InChI=1S/C14H13INOS2/c15-8-11-9-16-13(17)12(19-14(16)18-11)7-6-10-4-2-1-3-5-10/h1-5,7,11H,6,8-9H2/q+1/b12-7-/t11-/m1/s1. The maximum Gasteiger partial charge on any atom is 0.427 e. The number of alkyl halides is 1. The van der Waals surface area contributed by atoms with Crippen LogP contribution in [-0.2, 0) is 11.2 Å². The van der Waals surface area contributed by atoms with E-state index in [9.17, 15) is 4.79 Å². The molecule has 0 fully saturated rings. The van der Waals surface area contributed by atoms with E-state index in [2.05, 4.69) is 40.8 Å². The average molecular weight is 402 g/mol. The molecule has 2 heterocycles. The minimum Gasteiger partial charge on any atom is -0.214 e. The molecule has 0 unspecified atom stereocenters. The van der Waals surface area contributed by atoms with E-state index in [1.54, 1.807) is 11.8 Å². The van der Waals surface area contributed by atoms with Gasteiger partial charge in [-0.05, 0) is 35.5 Å². The van der Waals surface area contributed by atoms with Gasteiger partial charge in [0.2, 0.25) is 0 Å². The molecular formula is C14H13INOS2+. The summed E-state index contributed by atoms with van der Waals surface area (Å²) in [4.78, 5) is 13.2. The lowest BCUT2D eigenvalue weighted by Crippen LogP contribution is -2.21. The lowest BCUT2D eigenvalue weighted by atomic mass is 10.1. The molecule has 1 atom stereocenters. The molecule has 0 spiro atoms. The summed E-state index contributed by atoms with van der Waals surface area (Å²) >= 11 is 5.88. The SMILES string of the molecule is O=C1/C(=C/Cc2ccccc2)SC2=[N+]1C[C@@H](CI)S2. The fraction of sp³-hybridized carbons (Fsp3) is 0.286. The molecule has 0 N–H and O–H groups in total. The predicted molar refractivity (Wildman–Crippen MR) is 91.2 cm³/mol. The van der Waals surface area contributed by atoms with Gasteiger partial charge in [-0.3, -0.25) is 0 Å². The number of allylic oxidation sites excluding steroid dienone is 1. The number of amides is 1. The summed E-state index contributed by atoms with van der Waals surface area (Å²) in [5.41, 5.74) is 1.25. The fourth-order valence-corrected chi connectivity index (χ4v) is 5.44. The molecule has 1 amide bonds. The van der Waals surface area contributed by atoms with Gasteiger partial charge in [0, 0.05) is 4.43 Å². The maximum atomic E-state index is 12.3. The van der Waals surface area contributed by atoms with Gasteiger partial charge in [0.1, 0.15) is 4.91 Å². The van der Waals surface area contributed by atoms with Crippen LogP contribution >= 0.6 is 46.1 Å². The first-order chi connectivity index (χ1) is 9.28. The predicted octanol–water partition coefficient (Wildman–Crippen LogP) is 3.31. The van der Waals surface area contributed by atoms with Crippen molar-refractivity contribution in [1.29, 1.82) is 0 Å². The third kappa shape index (κ3) is 2.92. The molecule has 98 valence electrons. The van der Waals surface area contributed by atoms with Crippen molar-refractivity contribution in [3.8, 4) is 0 Å². The second-order valence-electron chi connectivity index (χ2n) is 4.44. The second kappa shape index (κ2) is 6.01. The van der Waals surface area contributed by atoms with Crippen molar-refractivity contribution in [3.63, 3.8) is 0 Å². The van der Waals surface area contributed by atoms with Gasteiger partial charge in [0.25, 0.3) is 4.38 Å². The van der Waals surface area contributed by atoms with E-state index >= 15 is 0 Å². The van der Waals surface area contributed by atoms with Crippen LogP contribution in [0.25, 0.3) is 0 Å². The zero-order valence-corrected chi connectivity index (χ0v) is 14.0. The Labute approximate surface area is 134 Å². The molecule has 2 nitrogen and oxygen atoms in total. The van der Waals surface area contributed by atoms with E-state index in [0.717, 1.165) is 22.3 Å². The van der Waals surface area contributed by atoms with Crippen LogP contribution in [-0.4, -0.2) is 31.1 Å². The number of carbonyl (C=O) groups is 1. The van der Waals surface area contributed by atoms with Gasteiger partial charge >= 0.3 is 5.91 Å². The van der Waals surface area contributed by atoms with E-state index in [1.807, 2.05) is 34.5 Å². The number of halogens is 1. The lowest BCUT2D eigenvalue weighted by Gasteiger charge is -2.00. The first-order valence-electron chi connectivity index (χ1n) is 6.11. The Morgan fingerprint density at radius 2 is 2.16 bits per heavy atom. The molecule has 2 aliphatic heterocycles. The number of thioether (sulfide) groups is 2. The molecule has 1 aromatic carbocycles. The lowest BCUT2D eigenvalue weighted by molar-refractivity contribution is -0.433. The molecule has 0 saturated heterocycles. The van der Waals surface area contributed by atoms with Crippen LogP contribution in [0.2, 0.25) is 0 Å². The van der Waals surface area contributed by atoms with Crippen LogP contribution < -0.4 is 0 Å². The van der Waals surface area contributed by atoms with Gasteiger partial charge < -0.3 is 0 Å². The Morgan fingerprint density at radius 1 is 1.37 bits per heavy atom. The van der Waals surface area contributed by atoms with Crippen LogP contribution in [0.3, 0.4) is 0 Å². The van der Waals surface area contributed by atoms with Crippen LogP contribution in [0.5, 0.6) is 0 Å². The summed E-state index contributed by atoms with van der Waals surface area (Å²) < 4.78 is 4.21. The average Bonchev–Trinajstić information content (AvgIpc) is 2.97. The molecule has 0 bridgehead atoms. The van der Waals surface area contributed by atoms with E-state index in [0.29, 0.717) is 5.25 Å². The first kappa shape index (κ1) is 13.7. The van der Waals surface area contributed by atoms with Crippen molar-refractivity contribution < 1.29 is 9.37 Å². The molecule has 2 aliphatic rings. The van der Waals surface area contributed by atoms with Crippen molar-refractivity contribution in [1.82, 2.24) is 0 Å². The highest BCUT2D eigenvalue weighted by atomic mass is 127. The Kier molecular flexibility index (Phi) is 4.34. The number of hydrogen-bond donors (Lipinski definition) is 0. The minimum atomic E-state index is 0.191. The third-order valence-corrected chi connectivity index (χ3v) is 7.29. The third-order valence-electron chi connectivity index (χ3n) is 3.07. The molecule has 19 heavy (non-hydrogen) atoms. The van der Waals surface area contributed by atoms with Gasteiger partial charge in [-0.2, -0.15) is 0 Å². The normalized spacial score (nSPS) is 24.4. The summed E-state index contributed by atoms with van der Waals surface area (Å²) in [6.07, 6.45) is 2.89. The van der Waals surface area contributed by atoms with Gasteiger partial charge in [-0.1, -0.05) is 59.0 Å². The summed E-state index contributed by atoms with van der Waals surface area (Å²) in [5.74, 6) is 0.191. The summed E-state index contributed by atoms with van der Waals surface area (Å²) in [7, 11) is 0. The van der Waals surface area contributed by atoms with Crippen molar-refractivity contribution in [3.05, 3.63) is 46.9 Å². The molecule has 3 rings (SSSR count). The van der Waals surface area contributed by atoms with Gasteiger partial charge in [0.15, 0.2) is 6.54 Å². The van der Waals surface area contributed by atoms with Crippen LogP contribution in [0.15, 0.2) is 41.3 Å². The first-order valence-corrected chi connectivity index (χ1v) is 9.33. The van der Waals surface area contributed by atoms with Crippen molar-refractivity contribution >= 4 is 56.4 Å². The Hall–Kier alpha value is -0.270. The number of nitrogens with zero attached hydrogens (tertiary/aromatic N) is 1. The van der Waals surface area contributed by atoms with Crippen molar-refractivity contribution in [2.24, 2.45) is 0 Å². The fourth-order valence-electron chi connectivity index (χ4n) is 2.07. The van der Waals surface area contributed by atoms with Gasteiger partial charge in [-0.15, -0.1) is 4.58 Å². The molecule has 1 aromatic rings. The number of hydrogen-bond acceptors (Lipinski definition) is 3. The Morgan fingerprint density at radius 3 is 2.84 bits per heavy atom. The monoisotopic (exact) mass is 402 g/mol. The Balaban J connectivity index is 1.69. The highest BCUT2D eigenvalue weighted by molar-refractivity contribution is 14.1. The molecule has 5 heteroatoms. The number of carbonyl (C=O) groups excluding carboxylic acids is 1. The molecule has 0 aromatic heterocycles. The zero-order chi connectivity index (χ0) is 13.2. The molecule has 0 aliphatic carbocycles. The molecular weight excluding hydrogens is 389 g/mol. The number of benzene rings is 1. The number of rotatable bonds is 3. The zero-order valence-electron chi connectivity index (χ0n) is 10.2. The van der Waals surface area contributed by atoms with E-state index in [1.165, 1.54) is 9.94 Å². The maximum absolute atomic E-state index is 12.3. The van der Waals surface area contributed by atoms with Crippen molar-refractivity contribution in [2.45, 2.75) is 11.7 Å². The summed E-state index contributed by atoms with van der Waals surface area (Å²) in [5, 5.41) is 0.572. The summed E-state index contributed by atoms with van der Waals surface area (Å²) in [6.45, 7) is 0.872. The van der Waals surface area contributed by atoms with E-state index in [4.69, 9.17) is 0 Å². The van der Waals surface area contributed by atoms with Gasteiger partial charge in [-0.25, -0.2) is 4.79 Å². The molecule has 0 radical (unpaired) electrons. The van der Waals surface area contributed by atoms with Gasteiger partial charge in [0.05, 0.1) is 5.25 Å². The minimum absolute atomic E-state index is 0.191. The quantitative estimate of drug-likeness (QED) is 0.335. The highest BCUT2D eigenvalue weighted by Crippen LogP contribution is 2.39. The highest BCUT2D eigenvalue weighted by Gasteiger charge is 2.45. The largest absolute Gasteiger partial charge is 0.427 e. The van der Waals surface area contributed by atoms with Crippen LogP contribution in [0.1, 0.15) is 5.56 Å². The summed E-state index contributed by atoms with van der Waals surface area (Å²) in [6, 6.07) is 10.3. The van der Waals surface area contributed by atoms with E-state index < -0.39 is 0 Å². The van der Waals surface area contributed by atoms with Crippen molar-refractivity contribution in [2.75, 3.05) is 11.0 Å². The topological polar surface area (TPSA) is 20.1 Å². The van der Waals surface area contributed by atoms with E-state index in [-0.39, 0.29) is 5.91 Å².